The second-order valence-electron chi connectivity index (χ2n) is 5.00. The molecule has 0 saturated heterocycles. The molecule has 1 heterocycles. The highest BCUT2D eigenvalue weighted by molar-refractivity contribution is 5.69. The van der Waals surface area contributed by atoms with E-state index in [1.165, 1.54) is 11.1 Å². The number of anilines is 1. The Morgan fingerprint density at radius 2 is 2.00 bits per heavy atom. The summed E-state index contributed by atoms with van der Waals surface area (Å²) < 4.78 is 1.98. The average Bonchev–Trinajstić information content (AvgIpc) is 2.82. The maximum Gasteiger partial charge on any atom is 0.133 e. The van der Waals surface area contributed by atoms with Gasteiger partial charge in [0, 0.05) is 12.6 Å². The van der Waals surface area contributed by atoms with Crippen molar-refractivity contribution in [3.05, 3.63) is 47.7 Å². The Hall–Kier alpha value is -2.03. The summed E-state index contributed by atoms with van der Waals surface area (Å²) in [5.41, 5.74) is 4.60. The van der Waals surface area contributed by atoms with E-state index < -0.39 is 0 Å². The summed E-state index contributed by atoms with van der Waals surface area (Å²) in [4.78, 5) is 0. The first-order valence-electron chi connectivity index (χ1n) is 7.19. The van der Waals surface area contributed by atoms with Crippen LogP contribution in [0.3, 0.4) is 0 Å². The first-order chi connectivity index (χ1) is 9.69. The van der Waals surface area contributed by atoms with Crippen LogP contribution in [0.5, 0.6) is 0 Å². The van der Waals surface area contributed by atoms with Gasteiger partial charge in [0.1, 0.15) is 5.82 Å². The number of hydrogen-bond acceptors (Lipinski definition) is 2. The zero-order chi connectivity index (χ0) is 14.5. The van der Waals surface area contributed by atoms with E-state index in [1.54, 1.807) is 0 Å². The summed E-state index contributed by atoms with van der Waals surface area (Å²) >= 11 is 0. The van der Waals surface area contributed by atoms with Crippen LogP contribution >= 0.6 is 0 Å². The van der Waals surface area contributed by atoms with Crippen LogP contribution in [0.4, 0.5) is 5.82 Å². The van der Waals surface area contributed by atoms with Gasteiger partial charge in [-0.15, -0.1) is 0 Å². The highest BCUT2D eigenvalue weighted by Gasteiger charge is 2.15. The van der Waals surface area contributed by atoms with Crippen LogP contribution in [0.2, 0.25) is 0 Å². The highest BCUT2D eigenvalue weighted by Crippen LogP contribution is 2.27. The van der Waals surface area contributed by atoms with E-state index in [0.717, 1.165) is 30.0 Å². The van der Waals surface area contributed by atoms with Crippen molar-refractivity contribution in [3.63, 3.8) is 0 Å². The van der Waals surface area contributed by atoms with Crippen molar-refractivity contribution >= 4 is 11.4 Å². The lowest BCUT2D eigenvalue weighted by atomic mass is 10.1. The molecular weight excluding hydrogens is 246 g/mol. The van der Waals surface area contributed by atoms with Crippen molar-refractivity contribution in [2.45, 2.75) is 33.6 Å². The third kappa shape index (κ3) is 2.77. The van der Waals surface area contributed by atoms with Crippen molar-refractivity contribution < 1.29 is 0 Å². The molecule has 0 unspecified atom stereocenters. The van der Waals surface area contributed by atoms with Crippen molar-refractivity contribution in [2.75, 3.05) is 12.4 Å². The average molecular weight is 269 g/mol. The Kier molecular flexibility index (Phi) is 4.61. The second-order valence-corrected chi connectivity index (χ2v) is 5.00. The Morgan fingerprint density at radius 3 is 2.60 bits per heavy atom. The topological polar surface area (TPSA) is 29.9 Å². The molecule has 0 amide bonds. The minimum Gasteiger partial charge on any atom is -0.373 e. The molecule has 2 aromatic rings. The summed E-state index contributed by atoms with van der Waals surface area (Å²) in [5, 5.41) is 8.06. The number of rotatable bonds is 5. The predicted octanol–water partition coefficient (Wildman–Crippen LogP) is 4.43. The lowest BCUT2D eigenvalue weighted by Crippen LogP contribution is -2.02. The van der Waals surface area contributed by atoms with Crippen LogP contribution in [-0.4, -0.2) is 16.8 Å². The smallest absolute Gasteiger partial charge is 0.133 e. The van der Waals surface area contributed by atoms with Gasteiger partial charge in [-0.3, -0.25) is 0 Å². The summed E-state index contributed by atoms with van der Waals surface area (Å²) in [6, 6.07) is 10.2. The molecule has 20 heavy (non-hydrogen) atoms. The maximum atomic E-state index is 4.79. The van der Waals surface area contributed by atoms with Crippen LogP contribution in [-0.2, 0) is 0 Å². The summed E-state index contributed by atoms with van der Waals surface area (Å²) in [7, 11) is 1.94. The number of aromatic nitrogens is 2. The van der Waals surface area contributed by atoms with Crippen LogP contribution in [0, 0.1) is 6.92 Å². The molecule has 0 bridgehead atoms. The van der Waals surface area contributed by atoms with Gasteiger partial charge in [-0.1, -0.05) is 37.6 Å². The molecule has 0 aliphatic rings. The third-order valence-corrected chi connectivity index (χ3v) is 3.47. The molecule has 0 aliphatic heterocycles. The number of unbranched alkanes of at least 4 members (excludes halogenated alkanes) is 1. The Labute approximate surface area is 121 Å². The molecule has 0 fully saturated rings. The van der Waals surface area contributed by atoms with E-state index in [1.807, 2.05) is 29.9 Å². The largest absolute Gasteiger partial charge is 0.373 e. The van der Waals surface area contributed by atoms with Crippen molar-refractivity contribution in [3.8, 4) is 5.69 Å². The second kappa shape index (κ2) is 6.42. The summed E-state index contributed by atoms with van der Waals surface area (Å²) in [5.74, 6) is 1.05. The number of allylic oxidation sites excluding steroid dienone is 2. The molecule has 0 atom stereocenters. The molecular formula is C17H23N3. The molecule has 2 rings (SSSR count). The first-order valence-corrected chi connectivity index (χ1v) is 7.19. The van der Waals surface area contributed by atoms with E-state index in [0.29, 0.717) is 0 Å². The van der Waals surface area contributed by atoms with E-state index in [4.69, 9.17) is 5.10 Å². The van der Waals surface area contributed by atoms with E-state index in [-0.39, 0.29) is 0 Å². The Bertz CT molecular complexity index is 594. The maximum absolute atomic E-state index is 4.79. The van der Waals surface area contributed by atoms with E-state index in [2.05, 4.69) is 44.3 Å². The fraction of sp³-hybridized carbons (Fsp3) is 0.353. The number of hydrogen-bond donors (Lipinski definition) is 1. The standard InChI is InChI=1S/C17H23N3/c1-5-6-10-13(2)16-14(3)17(18-4)20(19-16)15-11-8-7-9-12-15/h7-12,18H,5-6H2,1-4H3/b13-10+. The van der Waals surface area contributed by atoms with Crippen molar-refractivity contribution in [2.24, 2.45) is 0 Å². The van der Waals surface area contributed by atoms with Gasteiger partial charge in [0.15, 0.2) is 0 Å². The summed E-state index contributed by atoms with van der Waals surface area (Å²) in [6.45, 7) is 6.45. The van der Waals surface area contributed by atoms with Crippen LogP contribution < -0.4 is 5.32 Å². The van der Waals surface area contributed by atoms with Crippen LogP contribution in [0.15, 0.2) is 36.4 Å². The zero-order valence-electron chi connectivity index (χ0n) is 12.8. The lowest BCUT2D eigenvalue weighted by molar-refractivity contribution is 0.876. The molecule has 3 nitrogen and oxygen atoms in total. The normalized spacial score (nSPS) is 11.7. The first kappa shape index (κ1) is 14.4. The van der Waals surface area contributed by atoms with E-state index in [9.17, 15) is 0 Å². The van der Waals surface area contributed by atoms with Gasteiger partial charge < -0.3 is 5.32 Å². The molecule has 0 spiro atoms. The van der Waals surface area contributed by atoms with Gasteiger partial charge in [-0.2, -0.15) is 5.10 Å². The van der Waals surface area contributed by atoms with Gasteiger partial charge in [0.25, 0.3) is 0 Å². The summed E-state index contributed by atoms with van der Waals surface area (Å²) in [6.07, 6.45) is 4.52. The molecule has 1 N–H and O–H groups in total. The van der Waals surface area contributed by atoms with Gasteiger partial charge in [-0.05, 0) is 38.0 Å². The monoisotopic (exact) mass is 269 g/mol. The SMILES string of the molecule is CCC/C=C(\C)c1nn(-c2ccccc2)c(NC)c1C. The Balaban J connectivity index is 2.50. The quantitative estimate of drug-likeness (QED) is 0.870. The number of nitrogens with one attached hydrogen (secondary N) is 1. The molecule has 3 heteroatoms. The highest BCUT2D eigenvalue weighted by atomic mass is 15.3. The minimum atomic E-state index is 1.05. The van der Waals surface area contributed by atoms with Crippen molar-refractivity contribution in [1.82, 2.24) is 9.78 Å². The van der Waals surface area contributed by atoms with E-state index >= 15 is 0 Å². The van der Waals surface area contributed by atoms with Crippen molar-refractivity contribution in [1.29, 1.82) is 0 Å². The van der Waals surface area contributed by atoms with Gasteiger partial charge in [-0.25, -0.2) is 4.68 Å². The number of para-hydroxylation sites is 1. The lowest BCUT2D eigenvalue weighted by Gasteiger charge is -2.06. The van der Waals surface area contributed by atoms with Gasteiger partial charge in [0.2, 0.25) is 0 Å². The fourth-order valence-electron chi connectivity index (χ4n) is 2.38. The Morgan fingerprint density at radius 1 is 1.30 bits per heavy atom. The number of benzene rings is 1. The molecule has 0 saturated carbocycles. The fourth-order valence-corrected chi connectivity index (χ4v) is 2.38. The molecule has 0 radical (unpaired) electrons. The minimum absolute atomic E-state index is 1.05. The van der Waals surface area contributed by atoms with Crippen LogP contribution in [0.1, 0.15) is 37.9 Å². The number of nitrogens with zero attached hydrogens (tertiary/aromatic N) is 2. The van der Waals surface area contributed by atoms with Gasteiger partial charge in [0.05, 0.1) is 11.4 Å². The molecule has 0 aliphatic carbocycles. The molecule has 106 valence electrons. The zero-order valence-corrected chi connectivity index (χ0v) is 12.8. The molecule has 1 aromatic heterocycles. The third-order valence-electron chi connectivity index (χ3n) is 3.47. The molecule has 1 aromatic carbocycles. The van der Waals surface area contributed by atoms with Gasteiger partial charge >= 0.3 is 0 Å². The predicted molar refractivity (Wildman–Crippen MR) is 86.4 cm³/mol. The van der Waals surface area contributed by atoms with Crippen LogP contribution in [0.25, 0.3) is 11.3 Å².